The van der Waals surface area contributed by atoms with E-state index in [0.717, 1.165) is 44.2 Å². The van der Waals surface area contributed by atoms with E-state index in [0.29, 0.717) is 15.9 Å². The van der Waals surface area contributed by atoms with E-state index in [9.17, 15) is 31.2 Å². The lowest BCUT2D eigenvalue weighted by molar-refractivity contribution is -0.140. The van der Waals surface area contributed by atoms with E-state index < -0.39 is 56.9 Å². The number of benzene rings is 3. The summed E-state index contributed by atoms with van der Waals surface area (Å²) >= 11 is 18.7. The van der Waals surface area contributed by atoms with Gasteiger partial charge in [0.05, 0.1) is 21.2 Å². The van der Waals surface area contributed by atoms with Gasteiger partial charge >= 0.3 is 6.18 Å². The summed E-state index contributed by atoms with van der Waals surface area (Å²) in [6, 6.07) is 13.2. The molecule has 0 radical (unpaired) electrons. The number of nitrogens with zero attached hydrogens (tertiary/aromatic N) is 2. The molecule has 1 aliphatic rings. The maximum Gasteiger partial charge on any atom is 0.417 e. The third kappa shape index (κ3) is 8.48. The van der Waals surface area contributed by atoms with Crippen LogP contribution in [0.5, 0.6) is 0 Å². The van der Waals surface area contributed by atoms with Crippen LogP contribution in [-0.2, 0) is 32.3 Å². The zero-order valence-electron chi connectivity index (χ0n) is 24.9. The minimum atomic E-state index is -4.91. The molecular formula is C32H33Cl3F3N3O4S. The van der Waals surface area contributed by atoms with Gasteiger partial charge in [-0.05, 0) is 61.7 Å². The summed E-state index contributed by atoms with van der Waals surface area (Å²) < 4.78 is 70.1. The maximum atomic E-state index is 14.3. The number of carbonyl (C=O) groups is 2. The van der Waals surface area contributed by atoms with Crippen molar-refractivity contribution >= 4 is 62.3 Å². The second kappa shape index (κ2) is 15.3. The van der Waals surface area contributed by atoms with Gasteiger partial charge in [0.1, 0.15) is 12.6 Å². The van der Waals surface area contributed by atoms with Crippen LogP contribution in [0, 0.1) is 0 Å². The van der Waals surface area contributed by atoms with E-state index in [1.165, 1.54) is 29.2 Å². The number of halogens is 6. The van der Waals surface area contributed by atoms with Gasteiger partial charge in [0, 0.05) is 28.2 Å². The van der Waals surface area contributed by atoms with Crippen molar-refractivity contribution in [2.45, 2.75) is 75.1 Å². The second-order valence-electron chi connectivity index (χ2n) is 11.0. The predicted molar refractivity (Wildman–Crippen MR) is 174 cm³/mol. The third-order valence-electron chi connectivity index (χ3n) is 7.88. The Labute approximate surface area is 281 Å². The number of anilines is 1. The molecule has 1 aliphatic carbocycles. The normalized spacial score (nSPS) is 14.8. The highest BCUT2D eigenvalue weighted by Crippen LogP contribution is 2.38. The van der Waals surface area contributed by atoms with E-state index in [-0.39, 0.29) is 33.9 Å². The van der Waals surface area contributed by atoms with Crippen molar-refractivity contribution < 1.29 is 31.2 Å². The molecule has 248 valence electrons. The first-order chi connectivity index (χ1) is 21.7. The lowest BCUT2D eigenvalue weighted by atomic mass is 9.95. The Bertz CT molecular complexity index is 1630. The van der Waals surface area contributed by atoms with Gasteiger partial charge in [0.15, 0.2) is 0 Å². The fourth-order valence-corrected chi connectivity index (χ4v) is 7.62. The lowest BCUT2D eigenvalue weighted by Gasteiger charge is -2.35. The largest absolute Gasteiger partial charge is 0.417 e. The molecule has 3 aromatic carbocycles. The molecule has 1 unspecified atom stereocenters. The summed E-state index contributed by atoms with van der Waals surface area (Å²) in [4.78, 5) is 28.9. The average molecular weight is 719 g/mol. The molecule has 0 spiro atoms. The molecule has 0 aliphatic heterocycles. The Morgan fingerprint density at radius 1 is 0.913 bits per heavy atom. The van der Waals surface area contributed by atoms with Crippen LogP contribution in [0.4, 0.5) is 18.9 Å². The molecule has 0 heterocycles. The molecule has 0 aromatic heterocycles. The smallest absolute Gasteiger partial charge is 0.352 e. The topological polar surface area (TPSA) is 86.8 Å². The molecule has 1 saturated carbocycles. The highest BCUT2D eigenvalue weighted by molar-refractivity contribution is 7.92. The number of amides is 2. The summed E-state index contributed by atoms with van der Waals surface area (Å²) in [5.41, 5.74) is -1.39. The zero-order chi connectivity index (χ0) is 33.6. The number of hydrogen-bond acceptors (Lipinski definition) is 4. The Morgan fingerprint density at radius 3 is 2.13 bits per heavy atom. The summed E-state index contributed by atoms with van der Waals surface area (Å²) in [7, 11) is -4.60. The highest BCUT2D eigenvalue weighted by Gasteiger charge is 2.38. The van der Waals surface area contributed by atoms with Gasteiger partial charge < -0.3 is 10.2 Å². The fraction of sp³-hybridized carbons (Fsp3) is 0.375. The molecule has 1 fully saturated rings. The van der Waals surface area contributed by atoms with Crippen LogP contribution in [0.25, 0.3) is 0 Å². The minimum absolute atomic E-state index is 0.0824. The Balaban J connectivity index is 1.79. The Kier molecular flexibility index (Phi) is 11.9. The van der Waals surface area contributed by atoms with Crippen LogP contribution in [0.3, 0.4) is 0 Å². The number of hydrogen-bond donors (Lipinski definition) is 1. The first kappa shape index (κ1) is 35.9. The number of sulfonamides is 1. The monoisotopic (exact) mass is 717 g/mol. The van der Waals surface area contributed by atoms with Crippen molar-refractivity contribution in [1.29, 1.82) is 0 Å². The first-order valence-electron chi connectivity index (χ1n) is 14.7. The predicted octanol–water partition coefficient (Wildman–Crippen LogP) is 8.12. The van der Waals surface area contributed by atoms with Crippen LogP contribution in [0.2, 0.25) is 15.1 Å². The van der Waals surface area contributed by atoms with Crippen molar-refractivity contribution in [2.75, 3.05) is 10.8 Å². The summed E-state index contributed by atoms with van der Waals surface area (Å²) in [6.45, 7) is 0.500. The SMILES string of the molecule is CCC(C(=O)NC1CCCCC1)N(Cc1c(Cl)cccc1Cl)C(=O)CN(c1ccc(Cl)c(C(F)(F)F)c1)S(=O)(=O)c1ccccc1. The molecule has 0 saturated heterocycles. The number of alkyl halides is 3. The van der Waals surface area contributed by atoms with Crippen molar-refractivity contribution in [3.05, 3.63) is 92.9 Å². The van der Waals surface area contributed by atoms with E-state index >= 15 is 0 Å². The van der Waals surface area contributed by atoms with Crippen LogP contribution in [-0.4, -0.2) is 43.8 Å². The quantitative estimate of drug-likeness (QED) is 0.217. The van der Waals surface area contributed by atoms with Crippen LogP contribution >= 0.6 is 34.8 Å². The molecule has 1 N–H and O–H groups in total. The molecule has 2 amide bonds. The van der Waals surface area contributed by atoms with Gasteiger partial charge in [-0.1, -0.05) is 85.3 Å². The van der Waals surface area contributed by atoms with Crippen LogP contribution in [0.15, 0.2) is 71.6 Å². The van der Waals surface area contributed by atoms with Gasteiger partial charge in [-0.2, -0.15) is 13.2 Å². The minimum Gasteiger partial charge on any atom is -0.352 e. The molecule has 0 bridgehead atoms. The zero-order valence-corrected chi connectivity index (χ0v) is 28.0. The fourth-order valence-electron chi connectivity index (χ4n) is 5.45. The lowest BCUT2D eigenvalue weighted by Crippen LogP contribution is -2.54. The molecule has 4 rings (SSSR count). The number of carbonyl (C=O) groups excluding carboxylic acids is 2. The van der Waals surface area contributed by atoms with Gasteiger partial charge in [-0.25, -0.2) is 8.42 Å². The van der Waals surface area contributed by atoms with Gasteiger partial charge in [-0.15, -0.1) is 0 Å². The van der Waals surface area contributed by atoms with Crippen molar-refractivity contribution in [3.63, 3.8) is 0 Å². The number of nitrogens with one attached hydrogen (secondary N) is 1. The number of rotatable bonds is 11. The summed E-state index contributed by atoms with van der Waals surface area (Å²) in [6.07, 6.45) is -0.222. The van der Waals surface area contributed by atoms with Gasteiger partial charge in [-0.3, -0.25) is 13.9 Å². The van der Waals surface area contributed by atoms with Gasteiger partial charge in [0.25, 0.3) is 10.0 Å². The molecular weight excluding hydrogens is 686 g/mol. The summed E-state index contributed by atoms with van der Waals surface area (Å²) in [5, 5.41) is 2.82. The molecule has 14 heteroatoms. The van der Waals surface area contributed by atoms with Crippen molar-refractivity contribution in [3.8, 4) is 0 Å². The molecule has 46 heavy (non-hydrogen) atoms. The second-order valence-corrected chi connectivity index (χ2v) is 14.1. The van der Waals surface area contributed by atoms with Crippen molar-refractivity contribution in [2.24, 2.45) is 0 Å². The molecule has 1 atom stereocenters. The average Bonchev–Trinajstić information content (AvgIpc) is 3.01. The van der Waals surface area contributed by atoms with Crippen molar-refractivity contribution in [1.82, 2.24) is 10.2 Å². The Morgan fingerprint density at radius 2 is 1.54 bits per heavy atom. The van der Waals surface area contributed by atoms with Crippen LogP contribution < -0.4 is 9.62 Å². The van der Waals surface area contributed by atoms with E-state index in [1.807, 2.05) is 0 Å². The van der Waals surface area contributed by atoms with E-state index in [4.69, 9.17) is 34.8 Å². The van der Waals surface area contributed by atoms with Gasteiger partial charge in [0.2, 0.25) is 11.8 Å². The highest BCUT2D eigenvalue weighted by atomic mass is 35.5. The Hall–Kier alpha value is -2.99. The summed E-state index contributed by atoms with van der Waals surface area (Å²) in [5.74, 6) is -1.29. The van der Waals surface area contributed by atoms with Crippen LogP contribution in [0.1, 0.15) is 56.6 Å². The maximum absolute atomic E-state index is 14.3. The van der Waals surface area contributed by atoms with E-state index in [1.54, 1.807) is 31.2 Å². The third-order valence-corrected chi connectivity index (χ3v) is 10.7. The molecule has 7 nitrogen and oxygen atoms in total. The molecule has 3 aromatic rings. The standard InChI is InChI=1S/C32H33Cl3F3N3O4S/c1-2-29(31(43)39-21-10-5-3-6-11-21)40(19-24-26(33)14-9-15-27(24)34)30(42)20-41(46(44,45)23-12-7-4-8-13-23)22-16-17-28(35)25(18-22)32(36,37)38/h4,7-9,12-18,21,29H,2-3,5-6,10-11,19-20H2,1H3,(H,39,43). The van der Waals surface area contributed by atoms with E-state index in [2.05, 4.69) is 5.32 Å². The first-order valence-corrected chi connectivity index (χ1v) is 17.3.